The van der Waals surface area contributed by atoms with Gasteiger partial charge < -0.3 is 20.0 Å². The summed E-state index contributed by atoms with van der Waals surface area (Å²) in [6.45, 7) is 2.39. The number of anilines is 1. The summed E-state index contributed by atoms with van der Waals surface area (Å²) in [5, 5.41) is 9.04. The fraction of sp³-hybridized carbons (Fsp3) is 0.304. The molecule has 0 unspecified atom stereocenters. The van der Waals surface area contributed by atoms with E-state index in [-0.39, 0.29) is 12.3 Å². The molecule has 29 heavy (non-hydrogen) atoms. The van der Waals surface area contributed by atoms with Crippen molar-refractivity contribution in [3.63, 3.8) is 0 Å². The predicted molar refractivity (Wildman–Crippen MR) is 110 cm³/mol. The van der Waals surface area contributed by atoms with E-state index in [4.69, 9.17) is 20.0 Å². The van der Waals surface area contributed by atoms with Crippen LogP contribution in [0.4, 0.5) is 5.69 Å². The van der Waals surface area contributed by atoms with Gasteiger partial charge in [0, 0.05) is 17.7 Å². The van der Waals surface area contributed by atoms with Gasteiger partial charge in [0.05, 0.1) is 18.7 Å². The second-order valence-electron chi connectivity index (χ2n) is 7.44. The molecule has 1 aliphatic carbocycles. The van der Waals surface area contributed by atoms with Crippen molar-refractivity contribution in [2.24, 2.45) is 0 Å². The van der Waals surface area contributed by atoms with Gasteiger partial charge in [-0.3, -0.25) is 4.79 Å². The lowest BCUT2D eigenvalue weighted by atomic mass is 9.98. The Kier molecular flexibility index (Phi) is 5.25. The first-order valence-corrected chi connectivity index (χ1v) is 9.79. The van der Waals surface area contributed by atoms with Crippen LogP contribution in [0.3, 0.4) is 0 Å². The lowest BCUT2D eigenvalue weighted by molar-refractivity contribution is -0.137. The zero-order valence-electron chi connectivity index (χ0n) is 16.4. The van der Waals surface area contributed by atoms with Crippen LogP contribution in [0.1, 0.15) is 41.3 Å². The molecular weight excluding hydrogens is 368 g/mol. The van der Waals surface area contributed by atoms with E-state index >= 15 is 0 Å². The number of oxazole rings is 1. The molecule has 1 atom stereocenters. The Balaban J connectivity index is 1.38. The van der Waals surface area contributed by atoms with E-state index in [1.807, 2.05) is 49.4 Å². The minimum Gasteiger partial charge on any atom is -0.493 e. The molecule has 0 spiro atoms. The van der Waals surface area contributed by atoms with Gasteiger partial charge >= 0.3 is 5.97 Å². The van der Waals surface area contributed by atoms with E-state index in [1.165, 1.54) is 5.56 Å². The monoisotopic (exact) mass is 392 g/mol. The lowest BCUT2D eigenvalue weighted by Crippen LogP contribution is -2.04. The van der Waals surface area contributed by atoms with Gasteiger partial charge in [0.15, 0.2) is 0 Å². The fourth-order valence-electron chi connectivity index (χ4n) is 3.92. The summed E-state index contributed by atoms with van der Waals surface area (Å²) in [6.07, 6.45) is 2.61. The topological polar surface area (TPSA) is 98.6 Å². The lowest BCUT2D eigenvalue weighted by Gasteiger charge is -2.10. The number of fused-ring (bicyclic) bond motifs is 1. The SMILES string of the molecule is Cc1oc(-c2cccc(N)c2)nc1CCOc1ccc2c(c1)CC[C@H]2CC(=O)O. The maximum atomic E-state index is 11.0. The first-order valence-electron chi connectivity index (χ1n) is 9.79. The third-order valence-corrected chi connectivity index (χ3v) is 5.37. The molecule has 0 fully saturated rings. The molecule has 0 saturated carbocycles. The molecule has 0 saturated heterocycles. The van der Waals surface area contributed by atoms with Crippen molar-refractivity contribution in [1.29, 1.82) is 0 Å². The zero-order chi connectivity index (χ0) is 20.4. The van der Waals surface area contributed by atoms with Crippen LogP contribution in [-0.4, -0.2) is 22.7 Å². The number of benzene rings is 2. The average Bonchev–Trinajstić information content (AvgIpc) is 3.25. The van der Waals surface area contributed by atoms with Gasteiger partial charge in [-0.15, -0.1) is 0 Å². The number of carboxylic acid groups (broad SMARTS) is 1. The molecule has 150 valence electrons. The molecule has 6 heteroatoms. The van der Waals surface area contributed by atoms with Crippen molar-refractivity contribution in [1.82, 2.24) is 4.98 Å². The number of nitrogens with two attached hydrogens (primary N) is 1. The number of nitrogen functional groups attached to an aromatic ring is 1. The Hall–Kier alpha value is -3.28. The highest BCUT2D eigenvalue weighted by atomic mass is 16.5. The van der Waals surface area contributed by atoms with Crippen molar-refractivity contribution < 1.29 is 19.1 Å². The van der Waals surface area contributed by atoms with Crippen LogP contribution in [0.25, 0.3) is 11.5 Å². The van der Waals surface area contributed by atoms with Crippen molar-refractivity contribution in [2.75, 3.05) is 12.3 Å². The van der Waals surface area contributed by atoms with Crippen LogP contribution in [-0.2, 0) is 17.6 Å². The van der Waals surface area contributed by atoms with E-state index in [1.54, 1.807) is 0 Å². The molecule has 4 rings (SSSR count). The number of hydrogen-bond donors (Lipinski definition) is 2. The van der Waals surface area contributed by atoms with E-state index in [9.17, 15) is 4.79 Å². The summed E-state index contributed by atoms with van der Waals surface area (Å²) in [5.74, 6) is 1.50. The summed E-state index contributed by atoms with van der Waals surface area (Å²) in [7, 11) is 0. The second kappa shape index (κ2) is 7.99. The first-order chi connectivity index (χ1) is 14.0. The molecule has 0 bridgehead atoms. The number of ether oxygens (including phenoxy) is 1. The summed E-state index contributed by atoms with van der Waals surface area (Å²) in [6, 6.07) is 13.4. The number of nitrogens with zero attached hydrogens (tertiary/aromatic N) is 1. The molecular formula is C23H24N2O4. The van der Waals surface area contributed by atoms with E-state index < -0.39 is 5.97 Å². The maximum Gasteiger partial charge on any atom is 0.303 e. The standard InChI is InChI=1S/C23H24N2O4/c1-14-21(25-23(29-14)17-3-2-4-18(24)11-17)9-10-28-19-7-8-20-15(12-19)5-6-16(20)13-22(26)27/h2-4,7-8,11-12,16H,5-6,9-10,13,24H2,1H3,(H,26,27)/t16-/m0/s1. The summed E-state index contributed by atoms with van der Waals surface area (Å²) < 4.78 is 11.7. The van der Waals surface area contributed by atoms with Crippen molar-refractivity contribution in [2.45, 2.75) is 38.5 Å². The second-order valence-corrected chi connectivity index (χ2v) is 7.44. The minimum atomic E-state index is -0.747. The largest absolute Gasteiger partial charge is 0.493 e. The molecule has 0 amide bonds. The molecule has 6 nitrogen and oxygen atoms in total. The number of aliphatic carboxylic acids is 1. The van der Waals surface area contributed by atoms with Crippen LogP contribution in [0.5, 0.6) is 5.75 Å². The number of hydrogen-bond acceptors (Lipinski definition) is 5. The highest BCUT2D eigenvalue weighted by molar-refractivity contribution is 5.68. The summed E-state index contributed by atoms with van der Waals surface area (Å²) in [5.41, 5.74) is 10.6. The van der Waals surface area contributed by atoms with Crippen LogP contribution in [0.15, 0.2) is 46.9 Å². The fourth-order valence-corrected chi connectivity index (χ4v) is 3.92. The van der Waals surface area contributed by atoms with E-state index in [0.717, 1.165) is 41.2 Å². The highest BCUT2D eigenvalue weighted by Gasteiger charge is 2.24. The average molecular weight is 392 g/mol. The normalized spacial score (nSPS) is 15.3. The van der Waals surface area contributed by atoms with E-state index in [0.29, 0.717) is 24.6 Å². The Morgan fingerprint density at radius 3 is 2.97 bits per heavy atom. The van der Waals surface area contributed by atoms with Crippen LogP contribution in [0.2, 0.25) is 0 Å². The number of aromatic nitrogens is 1. The number of rotatable bonds is 7. The van der Waals surface area contributed by atoms with Gasteiger partial charge in [-0.25, -0.2) is 4.98 Å². The molecule has 1 aromatic heterocycles. The van der Waals surface area contributed by atoms with Crippen LogP contribution < -0.4 is 10.5 Å². The molecule has 0 radical (unpaired) electrons. The highest BCUT2D eigenvalue weighted by Crippen LogP contribution is 2.37. The third kappa shape index (κ3) is 4.26. The Labute approximate surface area is 169 Å². The third-order valence-electron chi connectivity index (χ3n) is 5.37. The van der Waals surface area contributed by atoms with Gasteiger partial charge in [-0.05, 0) is 67.1 Å². The van der Waals surface area contributed by atoms with Gasteiger partial charge in [-0.2, -0.15) is 0 Å². The van der Waals surface area contributed by atoms with Crippen molar-refractivity contribution in [3.8, 4) is 17.2 Å². The molecule has 0 aliphatic heterocycles. The summed E-state index contributed by atoms with van der Waals surface area (Å²) in [4.78, 5) is 15.6. The molecule has 3 aromatic rings. The van der Waals surface area contributed by atoms with Gasteiger partial charge in [0.25, 0.3) is 0 Å². The minimum absolute atomic E-state index is 0.111. The number of carbonyl (C=O) groups is 1. The van der Waals surface area contributed by atoms with Gasteiger partial charge in [-0.1, -0.05) is 12.1 Å². The van der Waals surface area contributed by atoms with Crippen molar-refractivity contribution in [3.05, 3.63) is 65.0 Å². The molecule has 1 heterocycles. The molecule has 1 aliphatic rings. The quantitative estimate of drug-likeness (QED) is 0.580. The zero-order valence-corrected chi connectivity index (χ0v) is 16.4. The molecule has 2 aromatic carbocycles. The number of carboxylic acids is 1. The Bertz CT molecular complexity index is 1040. The summed E-state index contributed by atoms with van der Waals surface area (Å²) >= 11 is 0. The Morgan fingerprint density at radius 2 is 2.17 bits per heavy atom. The van der Waals surface area contributed by atoms with Gasteiger partial charge in [0.1, 0.15) is 11.5 Å². The van der Waals surface area contributed by atoms with Gasteiger partial charge in [0.2, 0.25) is 5.89 Å². The maximum absolute atomic E-state index is 11.0. The Morgan fingerprint density at radius 1 is 1.31 bits per heavy atom. The van der Waals surface area contributed by atoms with Crippen LogP contribution >= 0.6 is 0 Å². The van der Waals surface area contributed by atoms with E-state index in [2.05, 4.69) is 4.98 Å². The smallest absolute Gasteiger partial charge is 0.303 e. The number of aryl methyl sites for hydroxylation is 2. The first kappa shape index (κ1) is 19.1. The van der Waals surface area contributed by atoms with Crippen LogP contribution in [0, 0.1) is 6.92 Å². The van der Waals surface area contributed by atoms with Crippen molar-refractivity contribution >= 4 is 11.7 Å². The molecule has 3 N–H and O–H groups in total. The predicted octanol–water partition coefficient (Wildman–Crippen LogP) is 4.36.